The fourth-order valence-corrected chi connectivity index (χ4v) is 1.92. The Hall–Kier alpha value is -1.97. The molecule has 0 unspecified atom stereocenters. The molecule has 0 heterocycles. The van der Waals surface area contributed by atoms with Crippen molar-refractivity contribution >= 4 is 12.0 Å². The largest absolute Gasteiger partial charge is 0.493 e. The zero-order chi connectivity index (χ0) is 16.4. The molecule has 1 rings (SSSR count). The van der Waals surface area contributed by atoms with Crippen LogP contribution in [0.1, 0.15) is 38.7 Å². The Balaban J connectivity index is 2.72. The summed E-state index contributed by atoms with van der Waals surface area (Å²) in [6.45, 7) is 5.62. The first-order valence-corrected chi connectivity index (χ1v) is 7.86. The number of hydrogen-bond donors (Lipinski definition) is 0. The highest BCUT2D eigenvalue weighted by atomic mass is 16.5. The Labute approximate surface area is 133 Å². The molecule has 22 heavy (non-hydrogen) atoms. The lowest BCUT2D eigenvalue weighted by molar-refractivity contribution is -0.124. The van der Waals surface area contributed by atoms with Gasteiger partial charge in [0.1, 0.15) is 0 Å². The highest BCUT2D eigenvalue weighted by Gasteiger charge is 2.06. The average Bonchev–Trinajstić information content (AvgIpc) is 2.55. The predicted octanol–water partition coefficient (Wildman–Crippen LogP) is 3.76. The van der Waals surface area contributed by atoms with Crippen molar-refractivity contribution in [3.63, 3.8) is 0 Å². The number of rotatable bonds is 9. The summed E-state index contributed by atoms with van der Waals surface area (Å²) >= 11 is 0. The Morgan fingerprint density at radius 3 is 2.64 bits per heavy atom. The lowest BCUT2D eigenvalue weighted by atomic mass is 10.2. The number of ether oxygens (including phenoxy) is 2. The van der Waals surface area contributed by atoms with Crippen LogP contribution in [-0.4, -0.2) is 38.1 Å². The molecule has 0 aliphatic rings. The molecule has 1 amide bonds. The number of unbranched alkanes of at least 4 members (excludes halogenated alkanes) is 1. The van der Waals surface area contributed by atoms with E-state index in [1.807, 2.05) is 25.2 Å². The second-order valence-corrected chi connectivity index (χ2v) is 5.21. The molecule has 4 nitrogen and oxygen atoms in total. The molecule has 1 aromatic rings. The highest BCUT2D eigenvalue weighted by Crippen LogP contribution is 2.28. The van der Waals surface area contributed by atoms with Crippen LogP contribution in [0.2, 0.25) is 0 Å². The monoisotopic (exact) mass is 305 g/mol. The molecule has 4 heteroatoms. The number of methoxy groups -OCH3 is 1. The van der Waals surface area contributed by atoms with Gasteiger partial charge in [-0.1, -0.05) is 26.3 Å². The number of likely N-dealkylation sites (N-methyl/N-ethyl adjacent to an activating group) is 1. The summed E-state index contributed by atoms with van der Waals surface area (Å²) in [6.07, 6.45) is 6.45. The molecule has 0 radical (unpaired) electrons. The first-order chi connectivity index (χ1) is 10.6. The highest BCUT2D eigenvalue weighted by molar-refractivity contribution is 5.91. The second-order valence-electron chi connectivity index (χ2n) is 5.21. The number of carbonyl (C=O) groups is 1. The van der Waals surface area contributed by atoms with Gasteiger partial charge in [-0.05, 0) is 36.6 Å². The zero-order valence-corrected chi connectivity index (χ0v) is 14.1. The normalized spacial score (nSPS) is 10.7. The summed E-state index contributed by atoms with van der Waals surface area (Å²) in [5, 5.41) is 0. The molecule has 0 aromatic heterocycles. The van der Waals surface area contributed by atoms with Gasteiger partial charge in [0, 0.05) is 19.7 Å². The van der Waals surface area contributed by atoms with Crippen LogP contribution in [0.25, 0.3) is 6.08 Å². The smallest absolute Gasteiger partial charge is 0.246 e. The lowest BCUT2D eigenvalue weighted by Crippen LogP contribution is -2.25. The first kappa shape index (κ1) is 18.1. The van der Waals surface area contributed by atoms with Gasteiger partial charge in [0.15, 0.2) is 11.5 Å². The lowest BCUT2D eigenvalue weighted by Gasteiger charge is -2.14. The molecule has 0 saturated carbocycles. The summed E-state index contributed by atoms with van der Waals surface area (Å²) in [6, 6.07) is 5.67. The van der Waals surface area contributed by atoms with Gasteiger partial charge in [-0.2, -0.15) is 0 Å². The average molecular weight is 305 g/mol. The van der Waals surface area contributed by atoms with E-state index in [0.29, 0.717) is 12.4 Å². The summed E-state index contributed by atoms with van der Waals surface area (Å²) < 4.78 is 11.0. The standard InChI is InChI=1S/C18H27NO3/c1-5-7-12-19(3)18(20)11-9-15-8-10-16(22-13-6-2)17(14-15)21-4/h8-11,14H,5-7,12-13H2,1-4H3. The number of hydrogen-bond acceptors (Lipinski definition) is 3. The van der Waals surface area contributed by atoms with Crippen LogP contribution in [0.5, 0.6) is 11.5 Å². The first-order valence-electron chi connectivity index (χ1n) is 7.86. The van der Waals surface area contributed by atoms with Crippen molar-refractivity contribution in [1.82, 2.24) is 4.90 Å². The van der Waals surface area contributed by atoms with Crippen LogP contribution in [-0.2, 0) is 4.79 Å². The summed E-state index contributed by atoms with van der Waals surface area (Å²) in [5.41, 5.74) is 0.915. The Bertz CT molecular complexity index is 497. The molecule has 0 fully saturated rings. The van der Waals surface area contributed by atoms with Crippen molar-refractivity contribution in [2.75, 3.05) is 27.3 Å². The van der Waals surface area contributed by atoms with Crippen LogP contribution in [0, 0.1) is 0 Å². The van der Waals surface area contributed by atoms with E-state index >= 15 is 0 Å². The van der Waals surface area contributed by atoms with Crippen molar-refractivity contribution < 1.29 is 14.3 Å². The summed E-state index contributed by atoms with van der Waals surface area (Å²) in [5.74, 6) is 1.43. The molecule has 0 aliphatic carbocycles. The van der Waals surface area contributed by atoms with Crippen LogP contribution >= 0.6 is 0 Å². The minimum absolute atomic E-state index is 0.0127. The third kappa shape index (κ3) is 5.80. The van der Waals surface area contributed by atoms with Crippen molar-refractivity contribution in [2.24, 2.45) is 0 Å². The van der Waals surface area contributed by atoms with Crippen molar-refractivity contribution in [2.45, 2.75) is 33.1 Å². The molecule has 0 bridgehead atoms. The van der Waals surface area contributed by atoms with Gasteiger partial charge in [-0.15, -0.1) is 0 Å². The maximum absolute atomic E-state index is 12.0. The minimum Gasteiger partial charge on any atom is -0.493 e. The van der Waals surface area contributed by atoms with Gasteiger partial charge in [-0.3, -0.25) is 4.79 Å². The molecule has 122 valence electrons. The summed E-state index contributed by atoms with van der Waals surface area (Å²) in [4.78, 5) is 13.7. The number of nitrogens with zero attached hydrogens (tertiary/aromatic N) is 1. The van der Waals surface area contributed by atoms with Crippen LogP contribution in [0.3, 0.4) is 0 Å². The topological polar surface area (TPSA) is 38.8 Å². The van der Waals surface area contributed by atoms with E-state index in [1.54, 1.807) is 24.2 Å². The van der Waals surface area contributed by atoms with Crippen LogP contribution in [0.15, 0.2) is 24.3 Å². The fourth-order valence-electron chi connectivity index (χ4n) is 1.92. The zero-order valence-electron chi connectivity index (χ0n) is 14.1. The molecule has 0 spiro atoms. The van der Waals surface area contributed by atoms with Crippen LogP contribution in [0.4, 0.5) is 0 Å². The maximum atomic E-state index is 12.0. The Kier molecular flexibility index (Phi) is 8.11. The van der Waals surface area contributed by atoms with Gasteiger partial charge in [-0.25, -0.2) is 0 Å². The number of benzene rings is 1. The van der Waals surface area contributed by atoms with E-state index < -0.39 is 0 Å². The molecule has 0 saturated heterocycles. The van der Waals surface area contributed by atoms with E-state index in [2.05, 4.69) is 13.8 Å². The van der Waals surface area contributed by atoms with Crippen LogP contribution < -0.4 is 9.47 Å². The minimum atomic E-state index is 0.0127. The van der Waals surface area contributed by atoms with Gasteiger partial charge >= 0.3 is 0 Å². The number of carbonyl (C=O) groups excluding carboxylic acids is 1. The Morgan fingerprint density at radius 1 is 1.23 bits per heavy atom. The third-order valence-corrected chi connectivity index (χ3v) is 3.29. The molecular weight excluding hydrogens is 278 g/mol. The Morgan fingerprint density at radius 2 is 2.00 bits per heavy atom. The molecule has 0 atom stereocenters. The second kappa shape index (κ2) is 9.87. The van der Waals surface area contributed by atoms with Gasteiger partial charge in [0.2, 0.25) is 5.91 Å². The predicted molar refractivity (Wildman–Crippen MR) is 90.4 cm³/mol. The quantitative estimate of drug-likeness (QED) is 0.652. The molecule has 0 N–H and O–H groups in total. The van der Waals surface area contributed by atoms with E-state index in [1.165, 1.54) is 0 Å². The van der Waals surface area contributed by atoms with E-state index in [4.69, 9.17) is 9.47 Å². The maximum Gasteiger partial charge on any atom is 0.246 e. The van der Waals surface area contributed by atoms with Gasteiger partial charge in [0.05, 0.1) is 13.7 Å². The SMILES string of the molecule is CCCCN(C)C(=O)C=Cc1ccc(OCCC)c(OC)c1. The fraction of sp³-hybridized carbons (Fsp3) is 0.500. The number of amides is 1. The van der Waals surface area contributed by atoms with Crippen molar-refractivity contribution in [3.05, 3.63) is 29.8 Å². The van der Waals surface area contributed by atoms with E-state index in [-0.39, 0.29) is 5.91 Å². The summed E-state index contributed by atoms with van der Waals surface area (Å²) in [7, 11) is 3.44. The van der Waals surface area contributed by atoms with Gasteiger partial charge < -0.3 is 14.4 Å². The molecular formula is C18H27NO3. The van der Waals surface area contributed by atoms with Crippen molar-refractivity contribution in [1.29, 1.82) is 0 Å². The molecule has 0 aliphatic heterocycles. The third-order valence-electron chi connectivity index (χ3n) is 3.29. The van der Waals surface area contributed by atoms with E-state index in [0.717, 1.165) is 37.1 Å². The molecule has 1 aromatic carbocycles. The van der Waals surface area contributed by atoms with E-state index in [9.17, 15) is 4.79 Å². The van der Waals surface area contributed by atoms with Gasteiger partial charge in [0.25, 0.3) is 0 Å². The van der Waals surface area contributed by atoms with Crippen molar-refractivity contribution in [3.8, 4) is 11.5 Å².